The highest BCUT2D eigenvalue weighted by Crippen LogP contribution is 2.29. The van der Waals surface area contributed by atoms with Gasteiger partial charge in [-0.3, -0.25) is 0 Å². The zero-order chi connectivity index (χ0) is 12.3. The number of rotatable bonds is 3. The number of nitrogens with zero attached hydrogens (tertiary/aromatic N) is 1. The van der Waals surface area contributed by atoms with Gasteiger partial charge in [-0.25, -0.2) is 5.90 Å². The third-order valence-electron chi connectivity index (χ3n) is 3.53. The van der Waals surface area contributed by atoms with Gasteiger partial charge in [-0.1, -0.05) is 32.0 Å². The van der Waals surface area contributed by atoms with Crippen molar-refractivity contribution in [2.45, 2.75) is 38.7 Å². The van der Waals surface area contributed by atoms with Crippen molar-refractivity contribution in [3.8, 4) is 0 Å². The van der Waals surface area contributed by atoms with Gasteiger partial charge in [-0.15, -0.1) is 0 Å². The predicted molar refractivity (Wildman–Crippen MR) is 71.0 cm³/mol. The third kappa shape index (κ3) is 2.79. The van der Waals surface area contributed by atoms with E-state index in [2.05, 4.69) is 43.0 Å². The lowest BCUT2D eigenvalue weighted by Gasteiger charge is -2.34. The Kier molecular flexibility index (Phi) is 4.02. The Bertz CT molecular complexity index is 357. The molecule has 94 valence electrons. The summed E-state index contributed by atoms with van der Waals surface area (Å²) in [6, 6.07) is 8.69. The van der Waals surface area contributed by atoms with Gasteiger partial charge in [-0.05, 0) is 30.4 Å². The molecule has 2 N–H and O–H groups in total. The number of para-hydroxylation sites is 1. The molecule has 1 aromatic carbocycles. The van der Waals surface area contributed by atoms with Crippen LogP contribution < -0.4 is 10.8 Å². The molecule has 1 aliphatic rings. The van der Waals surface area contributed by atoms with E-state index < -0.39 is 0 Å². The van der Waals surface area contributed by atoms with Crippen LogP contribution in [0, 0.1) is 0 Å². The molecule has 0 unspecified atom stereocenters. The molecule has 0 radical (unpaired) electrons. The van der Waals surface area contributed by atoms with E-state index in [9.17, 15) is 0 Å². The molecule has 1 aliphatic heterocycles. The van der Waals surface area contributed by atoms with Gasteiger partial charge in [0.05, 0.1) is 6.10 Å². The first-order chi connectivity index (χ1) is 8.22. The van der Waals surface area contributed by atoms with Crippen LogP contribution in [0.5, 0.6) is 0 Å². The summed E-state index contributed by atoms with van der Waals surface area (Å²) < 4.78 is 0. The topological polar surface area (TPSA) is 38.5 Å². The number of piperidine rings is 1. The Hall–Kier alpha value is -1.06. The standard InChI is InChI=1S/C14H22N2O/c1-11(2)13-5-3-4-6-14(13)16-9-7-12(17-15)8-10-16/h3-6,11-12H,7-10,15H2,1-2H3. The quantitative estimate of drug-likeness (QED) is 0.817. The summed E-state index contributed by atoms with van der Waals surface area (Å²) in [6.07, 6.45) is 2.27. The van der Waals surface area contributed by atoms with E-state index in [4.69, 9.17) is 10.7 Å². The summed E-state index contributed by atoms with van der Waals surface area (Å²) >= 11 is 0. The maximum Gasteiger partial charge on any atom is 0.0821 e. The largest absolute Gasteiger partial charge is 0.371 e. The molecule has 2 rings (SSSR count). The van der Waals surface area contributed by atoms with E-state index >= 15 is 0 Å². The molecule has 0 aliphatic carbocycles. The van der Waals surface area contributed by atoms with E-state index in [0.29, 0.717) is 5.92 Å². The van der Waals surface area contributed by atoms with Gasteiger partial charge in [0.25, 0.3) is 0 Å². The molecular weight excluding hydrogens is 212 g/mol. The van der Waals surface area contributed by atoms with Crippen LogP contribution in [0.3, 0.4) is 0 Å². The van der Waals surface area contributed by atoms with Gasteiger partial charge in [0.2, 0.25) is 0 Å². The summed E-state index contributed by atoms with van der Waals surface area (Å²) in [5.74, 6) is 5.81. The minimum absolute atomic E-state index is 0.234. The van der Waals surface area contributed by atoms with E-state index in [-0.39, 0.29) is 6.10 Å². The average Bonchev–Trinajstić information content (AvgIpc) is 2.39. The number of hydrogen-bond donors (Lipinski definition) is 1. The Balaban J connectivity index is 2.13. The molecule has 0 saturated carbocycles. The van der Waals surface area contributed by atoms with Crippen molar-refractivity contribution in [3.63, 3.8) is 0 Å². The molecule has 0 amide bonds. The van der Waals surface area contributed by atoms with Gasteiger partial charge in [-0.2, -0.15) is 0 Å². The second kappa shape index (κ2) is 5.52. The average molecular weight is 234 g/mol. The molecule has 1 fully saturated rings. The maximum atomic E-state index is 5.25. The molecule has 0 bridgehead atoms. The molecule has 1 aromatic rings. The monoisotopic (exact) mass is 234 g/mol. The van der Waals surface area contributed by atoms with Crippen LogP contribution in [0.25, 0.3) is 0 Å². The summed E-state index contributed by atoms with van der Waals surface area (Å²) in [6.45, 7) is 6.56. The molecule has 0 aromatic heterocycles. The molecule has 17 heavy (non-hydrogen) atoms. The van der Waals surface area contributed by atoms with Crippen molar-refractivity contribution in [1.82, 2.24) is 0 Å². The predicted octanol–water partition coefficient (Wildman–Crippen LogP) is 2.67. The lowest BCUT2D eigenvalue weighted by atomic mass is 9.98. The van der Waals surface area contributed by atoms with Crippen LogP contribution >= 0.6 is 0 Å². The fraction of sp³-hybridized carbons (Fsp3) is 0.571. The van der Waals surface area contributed by atoms with Gasteiger partial charge in [0, 0.05) is 18.8 Å². The molecule has 3 heteroatoms. The Morgan fingerprint density at radius 3 is 2.47 bits per heavy atom. The second-order valence-corrected chi connectivity index (χ2v) is 5.04. The number of nitrogens with two attached hydrogens (primary N) is 1. The molecule has 3 nitrogen and oxygen atoms in total. The zero-order valence-corrected chi connectivity index (χ0v) is 10.7. The highest BCUT2D eigenvalue weighted by Gasteiger charge is 2.21. The highest BCUT2D eigenvalue weighted by molar-refractivity contribution is 5.55. The fourth-order valence-electron chi connectivity index (χ4n) is 2.50. The van der Waals surface area contributed by atoms with E-state index in [1.165, 1.54) is 11.3 Å². The summed E-state index contributed by atoms with van der Waals surface area (Å²) in [7, 11) is 0. The maximum absolute atomic E-state index is 5.25. The number of anilines is 1. The number of benzene rings is 1. The molecule has 1 saturated heterocycles. The van der Waals surface area contributed by atoms with Gasteiger partial charge in [0.15, 0.2) is 0 Å². The van der Waals surface area contributed by atoms with Crippen molar-refractivity contribution in [1.29, 1.82) is 0 Å². The first-order valence-electron chi connectivity index (χ1n) is 6.41. The Labute approximate surface area is 104 Å². The van der Waals surface area contributed by atoms with Crippen LogP contribution in [-0.2, 0) is 4.84 Å². The smallest absolute Gasteiger partial charge is 0.0821 e. The van der Waals surface area contributed by atoms with Gasteiger partial charge in [0.1, 0.15) is 0 Å². The van der Waals surface area contributed by atoms with Crippen LogP contribution in [0.4, 0.5) is 5.69 Å². The van der Waals surface area contributed by atoms with Crippen molar-refractivity contribution >= 4 is 5.69 Å². The third-order valence-corrected chi connectivity index (χ3v) is 3.53. The van der Waals surface area contributed by atoms with E-state index in [1.54, 1.807) is 0 Å². The lowest BCUT2D eigenvalue weighted by molar-refractivity contribution is 0.0367. The summed E-state index contributed by atoms with van der Waals surface area (Å²) in [5.41, 5.74) is 2.80. The fourth-order valence-corrected chi connectivity index (χ4v) is 2.50. The van der Waals surface area contributed by atoms with Crippen LogP contribution in [0.1, 0.15) is 38.2 Å². The van der Waals surface area contributed by atoms with Crippen molar-refractivity contribution in [3.05, 3.63) is 29.8 Å². The first-order valence-corrected chi connectivity index (χ1v) is 6.41. The normalized spacial score (nSPS) is 17.8. The highest BCUT2D eigenvalue weighted by atomic mass is 16.6. The SMILES string of the molecule is CC(C)c1ccccc1N1CCC(ON)CC1. The Morgan fingerprint density at radius 1 is 1.24 bits per heavy atom. The number of hydrogen-bond acceptors (Lipinski definition) is 3. The van der Waals surface area contributed by atoms with Crippen molar-refractivity contribution in [2.24, 2.45) is 5.90 Å². The summed E-state index contributed by atoms with van der Waals surface area (Å²) in [5, 5.41) is 0. The van der Waals surface area contributed by atoms with E-state index in [1.807, 2.05) is 0 Å². The molecule has 1 heterocycles. The molecule has 0 atom stereocenters. The zero-order valence-electron chi connectivity index (χ0n) is 10.7. The lowest BCUT2D eigenvalue weighted by Crippen LogP contribution is -2.38. The molecular formula is C14H22N2O. The van der Waals surface area contributed by atoms with Crippen LogP contribution in [0.15, 0.2) is 24.3 Å². The van der Waals surface area contributed by atoms with Gasteiger partial charge < -0.3 is 9.74 Å². The van der Waals surface area contributed by atoms with E-state index in [0.717, 1.165) is 25.9 Å². The minimum Gasteiger partial charge on any atom is -0.371 e. The first kappa shape index (κ1) is 12.4. The van der Waals surface area contributed by atoms with Crippen LogP contribution in [0.2, 0.25) is 0 Å². The minimum atomic E-state index is 0.234. The Morgan fingerprint density at radius 2 is 1.88 bits per heavy atom. The van der Waals surface area contributed by atoms with Gasteiger partial charge >= 0.3 is 0 Å². The second-order valence-electron chi connectivity index (χ2n) is 5.04. The molecule has 0 spiro atoms. The van der Waals surface area contributed by atoms with Crippen molar-refractivity contribution < 1.29 is 4.84 Å². The van der Waals surface area contributed by atoms with Crippen molar-refractivity contribution in [2.75, 3.05) is 18.0 Å². The van der Waals surface area contributed by atoms with Crippen LogP contribution in [-0.4, -0.2) is 19.2 Å². The summed E-state index contributed by atoms with van der Waals surface area (Å²) in [4.78, 5) is 7.38.